The molecule has 0 amide bonds. The molecule has 7 nitrogen and oxygen atoms in total. The Labute approximate surface area is 221 Å². The number of carbonyl (C=O) groups excluding carboxylic acids is 1. The molecule has 11 heteroatoms. The summed E-state index contributed by atoms with van der Waals surface area (Å²) in [5.74, 6) is -3.35. The number of carbonyl (C=O) groups is 1. The van der Waals surface area contributed by atoms with Gasteiger partial charge in [0, 0.05) is 17.5 Å². The van der Waals surface area contributed by atoms with Gasteiger partial charge in [-0.05, 0) is 55.0 Å². The number of rotatable bonds is 11. The molecule has 0 aliphatic heterocycles. The number of hydrogen-bond donors (Lipinski definition) is 2. The molecule has 202 valence electrons. The summed E-state index contributed by atoms with van der Waals surface area (Å²) < 4.78 is 55.9. The Hall–Kier alpha value is -3.34. The highest BCUT2D eigenvalue weighted by Gasteiger charge is 2.60. The molecule has 1 aliphatic carbocycles. The average molecular weight is 552 g/mol. The number of ketones is 1. The Morgan fingerprint density at radius 3 is 2.39 bits per heavy atom. The Morgan fingerprint density at radius 1 is 1.11 bits per heavy atom. The number of ether oxygens (including phenoxy) is 3. The van der Waals surface area contributed by atoms with Crippen LogP contribution < -0.4 is 14.2 Å². The number of alkyl halides is 2. The van der Waals surface area contributed by atoms with Crippen LogP contribution in [-0.4, -0.2) is 53.8 Å². The van der Waals surface area contributed by atoms with Crippen LogP contribution in [0.1, 0.15) is 35.3 Å². The Kier molecular flexibility index (Phi) is 7.87. The van der Waals surface area contributed by atoms with E-state index < -0.39 is 35.8 Å². The number of aliphatic hydroxyl groups excluding tert-OH is 1. The first-order chi connectivity index (χ1) is 18.0. The number of nitrogens with zero attached hydrogens (tertiary/aromatic N) is 1. The number of aliphatic hydroxyl groups is 2. The first-order valence-corrected chi connectivity index (χ1v) is 12.0. The molecule has 1 heterocycles. The summed E-state index contributed by atoms with van der Waals surface area (Å²) in [6.45, 7) is -0.741. The first-order valence-electron chi connectivity index (χ1n) is 11.6. The highest BCUT2D eigenvalue weighted by atomic mass is 35.5. The van der Waals surface area contributed by atoms with Gasteiger partial charge in [-0.2, -0.15) is 0 Å². The lowest BCUT2D eigenvalue weighted by Crippen LogP contribution is -2.32. The van der Waals surface area contributed by atoms with Crippen molar-refractivity contribution in [3.8, 4) is 28.5 Å². The van der Waals surface area contributed by atoms with Gasteiger partial charge in [-0.3, -0.25) is 4.79 Å². The second-order valence-corrected chi connectivity index (χ2v) is 9.33. The van der Waals surface area contributed by atoms with E-state index in [1.54, 1.807) is 0 Å². The fourth-order valence-corrected chi connectivity index (χ4v) is 4.06. The molecule has 0 saturated heterocycles. The molecule has 1 saturated carbocycles. The second-order valence-electron chi connectivity index (χ2n) is 8.93. The van der Waals surface area contributed by atoms with E-state index in [0.29, 0.717) is 11.3 Å². The topological polar surface area (TPSA) is 98.1 Å². The molecule has 0 radical (unpaired) electrons. The zero-order chi connectivity index (χ0) is 27.7. The number of methoxy groups -OCH3 is 2. The quantitative estimate of drug-likeness (QED) is 0.317. The number of aromatic nitrogens is 1. The van der Waals surface area contributed by atoms with Gasteiger partial charge in [0.1, 0.15) is 22.9 Å². The van der Waals surface area contributed by atoms with Gasteiger partial charge in [-0.25, -0.2) is 18.2 Å². The lowest BCUT2D eigenvalue weighted by molar-refractivity contribution is -0.0298. The van der Waals surface area contributed by atoms with Gasteiger partial charge in [0.2, 0.25) is 0 Å². The average Bonchev–Trinajstić information content (AvgIpc) is 3.53. The van der Waals surface area contributed by atoms with Crippen molar-refractivity contribution in [1.82, 2.24) is 4.98 Å². The van der Waals surface area contributed by atoms with Crippen LogP contribution in [0, 0.1) is 5.82 Å². The van der Waals surface area contributed by atoms with Gasteiger partial charge in [0.15, 0.2) is 23.4 Å². The minimum Gasteiger partial charge on any atom is -0.494 e. The zero-order valence-electron chi connectivity index (χ0n) is 20.5. The summed E-state index contributed by atoms with van der Waals surface area (Å²) >= 11 is 5.91. The molecule has 4 rings (SSSR count). The van der Waals surface area contributed by atoms with E-state index in [2.05, 4.69) is 4.98 Å². The van der Waals surface area contributed by atoms with Gasteiger partial charge < -0.3 is 24.4 Å². The van der Waals surface area contributed by atoms with Crippen molar-refractivity contribution in [2.24, 2.45) is 0 Å². The van der Waals surface area contributed by atoms with Crippen LogP contribution in [0.3, 0.4) is 0 Å². The summed E-state index contributed by atoms with van der Waals surface area (Å²) in [6.07, 6.45) is -2.00. The van der Waals surface area contributed by atoms with Crippen LogP contribution >= 0.6 is 11.6 Å². The standard InChI is InChI=1S/C27H25ClF3NO6/c1-36-21-7-8-23(32-25(21)16-3-5-18(29)17(28)11-16)26(35,14-33)10-9-19(34)15-4-6-20(22(12-15)37-2)38-24-13-27(24,30)31/h3-8,11-12,24,33,35H,9-10,13-14H2,1-2H3. The number of hydrogen-bond acceptors (Lipinski definition) is 7. The first kappa shape index (κ1) is 27.7. The lowest BCUT2D eigenvalue weighted by Gasteiger charge is -2.26. The van der Waals surface area contributed by atoms with E-state index in [-0.39, 0.29) is 52.7 Å². The van der Waals surface area contributed by atoms with Gasteiger partial charge >= 0.3 is 0 Å². The van der Waals surface area contributed by atoms with E-state index in [4.69, 9.17) is 25.8 Å². The molecule has 2 unspecified atom stereocenters. The molecule has 1 fully saturated rings. The van der Waals surface area contributed by atoms with Crippen molar-refractivity contribution in [2.75, 3.05) is 20.8 Å². The highest BCUT2D eigenvalue weighted by molar-refractivity contribution is 6.31. The summed E-state index contributed by atoms with van der Waals surface area (Å²) in [6, 6.07) is 11.1. The monoisotopic (exact) mass is 551 g/mol. The SMILES string of the molecule is COc1cc(C(=O)CCC(O)(CO)c2ccc(OC)c(-c3ccc(F)c(Cl)c3)n2)ccc1OC1CC1(F)F. The molecule has 0 bridgehead atoms. The maximum absolute atomic E-state index is 13.7. The Balaban J connectivity index is 1.53. The Bertz CT molecular complexity index is 1350. The molecule has 1 aliphatic rings. The van der Waals surface area contributed by atoms with Crippen molar-refractivity contribution in [3.63, 3.8) is 0 Å². The molecule has 2 aromatic carbocycles. The van der Waals surface area contributed by atoms with Crippen LogP contribution in [0.2, 0.25) is 5.02 Å². The van der Waals surface area contributed by atoms with E-state index in [1.165, 1.54) is 62.8 Å². The van der Waals surface area contributed by atoms with Crippen LogP contribution in [0.5, 0.6) is 17.2 Å². The fraction of sp³-hybridized carbons (Fsp3) is 0.333. The molecular weight excluding hydrogens is 527 g/mol. The molecule has 0 spiro atoms. The van der Waals surface area contributed by atoms with Crippen LogP contribution in [0.4, 0.5) is 13.2 Å². The van der Waals surface area contributed by atoms with Crippen molar-refractivity contribution in [2.45, 2.75) is 36.9 Å². The van der Waals surface area contributed by atoms with Gasteiger partial charge in [-0.1, -0.05) is 11.6 Å². The minimum absolute atomic E-state index is 0.0655. The minimum atomic E-state index is -2.88. The van der Waals surface area contributed by atoms with Crippen molar-refractivity contribution in [3.05, 3.63) is 70.6 Å². The van der Waals surface area contributed by atoms with Crippen molar-refractivity contribution < 1.29 is 42.4 Å². The van der Waals surface area contributed by atoms with E-state index in [1.807, 2.05) is 0 Å². The Morgan fingerprint density at radius 2 is 1.79 bits per heavy atom. The number of Topliss-reactive ketones (excluding diaryl/α,β-unsaturated/α-hetero) is 1. The summed E-state index contributed by atoms with van der Waals surface area (Å²) in [5.41, 5.74) is -0.945. The van der Waals surface area contributed by atoms with Crippen LogP contribution in [-0.2, 0) is 5.60 Å². The highest BCUT2D eigenvalue weighted by Crippen LogP contribution is 2.46. The van der Waals surface area contributed by atoms with Crippen molar-refractivity contribution in [1.29, 1.82) is 0 Å². The van der Waals surface area contributed by atoms with Crippen molar-refractivity contribution >= 4 is 17.4 Å². The zero-order valence-corrected chi connectivity index (χ0v) is 21.3. The maximum atomic E-state index is 13.7. The van der Waals surface area contributed by atoms with E-state index in [9.17, 15) is 28.2 Å². The number of benzene rings is 2. The molecule has 38 heavy (non-hydrogen) atoms. The molecular formula is C27H25ClF3NO6. The molecule has 3 aromatic rings. The number of halogens is 4. The van der Waals surface area contributed by atoms with Crippen LogP contribution in [0.15, 0.2) is 48.5 Å². The molecule has 2 atom stereocenters. The van der Waals surface area contributed by atoms with Gasteiger partial charge in [0.25, 0.3) is 5.92 Å². The summed E-state index contributed by atoms with van der Waals surface area (Å²) in [5, 5.41) is 21.1. The molecule has 1 aromatic heterocycles. The normalized spacial score (nSPS) is 17.4. The lowest BCUT2D eigenvalue weighted by atomic mass is 9.91. The third-order valence-electron chi connectivity index (χ3n) is 6.30. The van der Waals surface area contributed by atoms with E-state index in [0.717, 1.165) is 0 Å². The van der Waals surface area contributed by atoms with E-state index >= 15 is 0 Å². The number of pyridine rings is 1. The predicted octanol–water partition coefficient (Wildman–Crippen LogP) is 5.19. The summed E-state index contributed by atoms with van der Waals surface area (Å²) in [7, 11) is 2.75. The molecule has 2 N–H and O–H groups in total. The summed E-state index contributed by atoms with van der Waals surface area (Å²) in [4.78, 5) is 17.4. The second kappa shape index (κ2) is 10.8. The third-order valence-corrected chi connectivity index (χ3v) is 6.59. The van der Waals surface area contributed by atoms with Crippen LogP contribution in [0.25, 0.3) is 11.3 Å². The maximum Gasteiger partial charge on any atom is 0.288 e. The van der Waals surface area contributed by atoms with Gasteiger partial charge in [0.05, 0.1) is 38.0 Å². The smallest absolute Gasteiger partial charge is 0.288 e. The van der Waals surface area contributed by atoms with Gasteiger partial charge in [-0.15, -0.1) is 0 Å². The third kappa shape index (κ3) is 5.72. The predicted molar refractivity (Wildman–Crippen MR) is 133 cm³/mol. The largest absolute Gasteiger partial charge is 0.494 e. The fourth-order valence-electron chi connectivity index (χ4n) is 3.88.